The average molecular weight is 714 g/mol. The van der Waals surface area contributed by atoms with Gasteiger partial charge in [0.2, 0.25) is 0 Å². The molecule has 0 unspecified atom stereocenters. The maximum absolute atomic E-state index is 5.65. The van der Waals surface area contributed by atoms with Gasteiger partial charge in [-0.15, -0.1) is 0 Å². The van der Waals surface area contributed by atoms with E-state index in [1.165, 1.54) is 82.2 Å². The molecule has 9 aromatic carbocycles. The second-order valence-corrected chi connectivity index (χ2v) is 15.2. The molecule has 1 aliphatic rings. The Morgan fingerprint density at radius 2 is 1.12 bits per heavy atom. The molecule has 11 aromatic rings. The van der Waals surface area contributed by atoms with Crippen LogP contribution in [0.25, 0.3) is 104 Å². The van der Waals surface area contributed by atoms with Gasteiger partial charge in [-0.05, 0) is 116 Å². The molecule has 2 bridgehead atoms. The molecule has 3 heteroatoms. The van der Waals surface area contributed by atoms with Gasteiger partial charge < -0.3 is 0 Å². The summed E-state index contributed by atoms with van der Waals surface area (Å²) in [6, 6.07) is 62.0. The monoisotopic (exact) mass is 713 g/mol. The highest BCUT2D eigenvalue weighted by molar-refractivity contribution is 6.18. The van der Waals surface area contributed by atoms with Crippen molar-refractivity contribution in [2.45, 2.75) is 19.8 Å². The number of para-hydroxylation sites is 2. The Balaban J connectivity index is 1.24. The van der Waals surface area contributed by atoms with Crippen molar-refractivity contribution in [3.63, 3.8) is 0 Å². The van der Waals surface area contributed by atoms with E-state index in [1.54, 1.807) is 0 Å². The Bertz CT molecular complexity index is 3440. The van der Waals surface area contributed by atoms with E-state index in [1.807, 2.05) is 0 Å². The zero-order valence-electron chi connectivity index (χ0n) is 30.9. The molecule has 0 N–H and O–H groups in total. The Labute approximate surface area is 324 Å². The largest absolute Gasteiger partial charge is 0.293 e. The topological polar surface area (TPSA) is 30.7 Å². The lowest BCUT2D eigenvalue weighted by Gasteiger charge is -2.20. The zero-order chi connectivity index (χ0) is 36.9. The number of nitrogens with zero attached hydrogens (tertiary/aromatic N) is 3. The third-order valence-electron chi connectivity index (χ3n) is 12.3. The molecule has 1 aliphatic carbocycles. The Morgan fingerprint density at radius 3 is 2.00 bits per heavy atom. The van der Waals surface area contributed by atoms with Crippen molar-refractivity contribution in [1.29, 1.82) is 0 Å². The first-order valence-electron chi connectivity index (χ1n) is 19.6. The first-order valence-corrected chi connectivity index (χ1v) is 19.6. The molecule has 0 saturated heterocycles. The molecule has 3 nitrogen and oxygen atoms in total. The predicted molar refractivity (Wildman–Crippen MR) is 235 cm³/mol. The Hall–Kier alpha value is -7.10. The van der Waals surface area contributed by atoms with E-state index in [0.29, 0.717) is 0 Å². The molecule has 12 rings (SSSR count). The second kappa shape index (κ2) is 11.9. The van der Waals surface area contributed by atoms with Gasteiger partial charge in [0.05, 0.1) is 16.6 Å². The van der Waals surface area contributed by atoms with Crippen molar-refractivity contribution in [2.24, 2.45) is 0 Å². The molecule has 56 heavy (non-hydrogen) atoms. The molecule has 2 aromatic heterocycles. The molecular formula is C53H35N3. The first-order chi connectivity index (χ1) is 27.7. The van der Waals surface area contributed by atoms with Crippen molar-refractivity contribution in [3.05, 3.63) is 187 Å². The van der Waals surface area contributed by atoms with Crippen LogP contribution in [-0.4, -0.2) is 14.5 Å². The van der Waals surface area contributed by atoms with Gasteiger partial charge in [0.15, 0.2) is 5.82 Å². The minimum atomic E-state index is 0.723. The number of rotatable bonds is 2. The Kier molecular flexibility index (Phi) is 6.67. The summed E-state index contributed by atoms with van der Waals surface area (Å²) in [5.41, 5.74) is 13.5. The van der Waals surface area contributed by atoms with E-state index >= 15 is 0 Å². The quantitative estimate of drug-likeness (QED) is 0.167. The molecule has 2 heterocycles. The van der Waals surface area contributed by atoms with E-state index in [0.717, 1.165) is 51.9 Å². The van der Waals surface area contributed by atoms with Gasteiger partial charge in [0, 0.05) is 27.3 Å². The predicted octanol–water partition coefficient (Wildman–Crippen LogP) is 13.6. The number of aryl methyl sites for hydroxylation is 2. The number of hydrogen-bond acceptors (Lipinski definition) is 2. The standard InChI is InChI=1S/C53H35N3/c1-32-45-31-46-43-22-11-13-25-49(43)56(51(46)50(32)38-19-7-3-15-34(38)27-28-41-36-17-5-2-14-33(36)26-29-42(41)45)53-44-23-10-12-24-48(44)54-52(55-53)47-30-35-16-4-6-18-37(35)39-20-8-9-21-40(39)47/h2-26,29-31H,27-28H2,1H3. The van der Waals surface area contributed by atoms with Gasteiger partial charge >= 0.3 is 0 Å². The maximum atomic E-state index is 5.65. The van der Waals surface area contributed by atoms with Gasteiger partial charge in [0.25, 0.3) is 0 Å². The van der Waals surface area contributed by atoms with Crippen LogP contribution in [0.2, 0.25) is 0 Å². The molecule has 0 radical (unpaired) electrons. The number of aromatic nitrogens is 3. The fourth-order valence-electron chi connectivity index (χ4n) is 9.74. The molecule has 0 fully saturated rings. The summed E-state index contributed by atoms with van der Waals surface area (Å²) in [6.45, 7) is 2.33. The Morgan fingerprint density at radius 1 is 0.446 bits per heavy atom. The molecule has 0 spiro atoms. The minimum absolute atomic E-state index is 0.723. The van der Waals surface area contributed by atoms with E-state index in [2.05, 4.69) is 181 Å². The third-order valence-corrected chi connectivity index (χ3v) is 12.3. The lowest BCUT2D eigenvalue weighted by atomic mass is 9.87. The highest BCUT2D eigenvalue weighted by Gasteiger charge is 2.27. The van der Waals surface area contributed by atoms with Crippen molar-refractivity contribution in [2.75, 3.05) is 0 Å². The van der Waals surface area contributed by atoms with Gasteiger partial charge in [-0.25, -0.2) is 9.97 Å². The average Bonchev–Trinajstić information content (AvgIpc) is 3.59. The van der Waals surface area contributed by atoms with E-state index in [9.17, 15) is 0 Å². The van der Waals surface area contributed by atoms with Crippen molar-refractivity contribution < 1.29 is 0 Å². The van der Waals surface area contributed by atoms with Crippen molar-refractivity contribution >= 4 is 65.0 Å². The van der Waals surface area contributed by atoms with Gasteiger partial charge in [-0.2, -0.15) is 0 Å². The molecular weight excluding hydrogens is 679 g/mol. The van der Waals surface area contributed by atoms with Gasteiger partial charge in [-0.3, -0.25) is 4.57 Å². The summed E-state index contributed by atoms with van der Waals surface area (Å²) in [6.07, 6.45) is 1.92. The molecule has 262 valence electrons. The summed E-state index contributed by atoms with van der Waals surface area (Å²) in [4.78, 5) is 11.0. The van der Waals surface area contributed by atoms with Crippen LogP contribution >= 0.6 is 0 Å². The number of hydrogen-bond donors (Lipinski definition) is 0. The van der Waals surface area contributed by atoms with Crippen LogP contribution in [0.3, 0.4) is 0 Å². The SMILES string of the molecule is Cc1c2cc3c4ccccc4n(-c4nc(-c5cc6ccccc6c6ccccc56)nc5ccccc45)c3c1-c1ccccc1CCc1c-2ccc2ccccc12. The maximum Gasteiger partial charge on any atom is 0.162 e. The zero-order valence-corrected chi connectivity index (χ0v) is 30.9. The van der Waals surface area contributed by atoms with E-state index in [4.69, 9.17) is 9.97 Å². The van der Waals surface area contributed by atoms with Crippen LogP contribution in [0.5, 0.6) is 0 Å². The van der Waals surface area contributed by atoms with Crippen LogP contribution in [0.1, 0.15) is 16.7 Å². The van der Waals surface area contributed by atoms with Gasteiger partial charge in [-0.1, -0.05) is 140 Å². The minimum Gasteiger partial charge on any atom is -0.293 e. The smallest absolute Gasteiger partial charge is 0.162 e. The van der Waals surface area contributed by atoms with E-state index < -0.39 is 0 Å². The lowest BCUT2D eigenvalue weighted by Crippen LogP contribution is -2.05. The van der Waals surface area contributed by atoms with Crippen LogP contribution in [0.15, 0.2) is 170 Å². The summed E-state index contributed by atoms with van der Waals surface area (Å²) >= 11 is 0. The summed E-state index contributed by atoms with van der Waals surface area (Å²) < 4.78 is 2.45. The van der Waals surface area contributed by atoms with Gasteiger partial charge in [0.1, 0.15) is 5.82 Å². The number of fused-ring (bicyclic) bond motifs is 16. The lowest BCUT2D eigenvalue weighted by molar-refractivity contribution is 0.974. The highest BCUT2D eigenvalue weighted by atomic mass is 15.1. The van der Waals surface area contributed by atoms with Crippen LogP contribution < -0.4 is 0 Å². The molecule has 0 aliphatic heterocycles. The van der Waals surface area contributed by atoms with Crippen molar-refractivity contribution in [1.82, 2.24) is 14.5 Å². The summed E-state index contributed by atoms with van der Waals surface area (Å²) in [7, 11) is 0. The second-order valence-electron chi connectivity index (χ2n) is 15.2. The van der Waals surface area contributed by atoms with Crippen LogP contribution in [-0.2, 0) is 12.8 Å². The summed E-state index contributed by atoms with van der Waals surface area (Å²) in [5, 5.41) is 10.9. The molecule has 0 atom stereocenters. The molecule has 0 amide bonds. The van der Waals surface area contributed by atoms with Crippen molar-refractivity contribution in [3.8, 4) is 39.5 Å². The number of benzene rings is 9. The summed E-state index contributed by atoms with van der Waals surface area (Å²) in [5.74, 6) is 1.61. The fourth-order valence-corrected chi connectivity index (χ4v) is 9.74. The third kappa shape index (κ3) is 4.46. The van der Waals surface area contributed by atoms with Crippen LogP contribution in [0, 0.1) is 6.92 Å². The highest BCUT2D eigenvalue weighted by Crippen LogP contribution is 2.48. The van der Waals surface area contributed by atoms with E-state index in [-0.39, 0.29) is 0 Å². The molecule has 0 saturated carbocycles. The first kappa shape index (κ1) is 31.3. The van der Waals surface area contributed by atoms with Crippen LogP contribution in [0.4, 0.5) is 0 Å². The normalized spacial score (nSPS) is 12.6. The fraction of sp³-hybridized carbons (Fsp3) is 0.0566.